The Labute approximate surface area is 140 Å². The van der Waals surface area contributed by atoms with Crippen LogP contribution in [0.2, 0.25) is 0 Å². The molecular weight excluding hydrogens is 282 g/mol. The van der Waals surface area contributed by atoms with E-state index >= 15 is 0 Å². The van der Waals surface area contributed by atoms with Crippen molar-refractivity contribution in [2.45, 2.75) is 44.9 Å². The van der Waals surface area contributed by atoms with Gasteiger partial charge in [-0.2, -0.15) is 0 Å². The molecule has 1 aliphatic carbocycles. The van der Waals surface area contributed by atoms with Crippen molar-refractivity contribution >= 4 is 0 Å². The first-order valence-corrected chi connectivity index (χ1v) is 8.65. The van der Waals surface area contributed by atoms with Crippen molar-refractivity contribution in [3.63, 3.8) is 0 Å². The van der Waals surface area contributed by atoms with Gasteiger partial charge in [-0.15, -0.1) is 0 Å². The minimum atomic E-state index is 0.485. The highest BCUT2D eigenvalue weighted by molar-refractivity contribution is 5.63. The summed E-state index contributed by atoms with van der Waals surface area (Å²) < 4.78 is 5.98. The average Bonchev–Trinajstić information content (AvgIpc) is 3.07. The van der Waals surface area contributed by atoms with Crippen molar-refractivity contribution < 1.29 is 4.74 Å². The molecule has 2 aromatic carbocycles. The second-order valence-corrected chi connectivity index (χ2v) is 6.85. The summed E-state index contributed by atoms with van der Waals surface area (Å²) in [6.07, 6.45) is 5.61. The predicted octanol–water partition coefficient (Wildman–Crippen LogP) is 4.87. The topological polar surface area (TPSA) is 12.5 Å². The summed E-state index contributed by atoms with van der Waals surface area (Å²) in [7, 11) is 4.20. The lowest BCUT2D eigenvalue weighted by atomic mass is 10.0. The largest absolute Gasteiger partial charge is 0.374 e. The van der Waals surface area contributed by atoms with E-state index in [0.717, 1.165) is 13.2 Å². The lowest BCUT2D eigenvalue weighted by Gasteiger charge is -2.12. The number of hydrogen-bond acceptors (Lipinski definition) is 2. The van der Waals surface area contributed by atoms with Gasteiger partial charge in [-0.25, -0.2) is 0 Å². The molecule has 2 heteroatoms. The molecule has 0 bridgehead atoms. The Bertz CT molecular complexity index is 595. The minimum Gasteiger partial charge on any atom is -0.374 e. The van der Waals surface area contributed by atoms with E-state index in [1.807, 2.05) is 0 Å². The Kier molecular flexibility index (Phi) is 5.47. The second-order valence-electron chi connectivity index (χ2n) is 6.85. The predicted molar refractivity (Wildman–Crippen MR) is 96.3 cm³/mol. The molecule has 0 aliphatic heterocycles. The lowest BCUT2D eigenvalue weighted by Crippen LogP contribution is -2.10. The highest BCUT2D eigenvalue weighted by Gasteiger charge is 2.15. The molecule has 23 heavy (non-hydrogen) atoms. The Morgan fingerprint density at radius 3 is 1.87 bits per heavy atom. The molecule has 0 saturated heterocycles. The van der Waals surface area contributed by atoms with Crippen LogP contribution in [0.25, 0.3) is 11.1 Å². The molecule has 0 radical (unpaired) electrons. The van der Waals surface area contributed by atoms with Crippen molar-refractivity contribution in [3.05, 3.63) is 59.7 Å². The number of ether oxygens (including phenoxy) is 1. The van der Waals surface area contributed by atoms with E-state index in [4.69, 9.17) is 4.74 Å². The fourth-order valence-corrected chi connectivity index (χ4v) is 3.23. The molecule has 0 amide bonds. The van der Waals surface area contributed by atoms with Crippen LogP contribution in [-0.2, 0) is 17.9 Å². The molecule has 3 rings (SSSR count). The first-order valence-electron chi connectivity index (χ1n) is 8.65. The summed E-state index contributed by atoms with van der Waals surface area (Å²) in [5.74, 6) is 0. The van der Waals surface area contributed by atoms with Gasteiger partial charge in [0.25, 0.3) is 0 Å². The second kappa shape index (κ2) is 7.76. The molecule has 1 aliphatic rings. The van der Waals surface area contributed by atoms with Crippen LogP contribution in [0, 0.1) is 0 Å². The van der Waals surface area contributed by atoms with E-state index in [9.17, 15) is 0 Å². The smallest absolute Gasteiger partial charge is 0.0720 e. The van der Waals surface area contributed by atoms with Gasteiger partial charge >= 0.3 is 0 Å². The molecule has 0 atom stereocenters. The normalized spacial score (nSPS) is 15.4. The fraction of sp³-hybridized carbons (Fsp3) is 0.429. The number of hydrogen-bond donors (Lipinski definition) is 0. The van der Waals surface area contributed by atoms with Crippen LogP contribution < -0.4 is 0 Å². The molecule has 2 aromatic rings. The van der Waals surface area contributed by atoms with Gasteiger partial charge in [0.1, 0.15) is 0 Å². The van der Waals surface area contributed by atoms with Crippen molar-refractivity contribution in [1.82, 2.24) is 4.90 Å². The molecule has 122 valence electrons. The third-order valence-corrected chi connectivity index (χ3v) is 4.53. The van der Waals surface area contributed by atoms with E-state index < -0.39 is 0 Å². The van der Waals surface area contributed by atoms with Crippen LogP contribution in [0.4, 0.5) is 0 Å². The molecule has 1 saturated carbocycles. The summed E-state index contributed by atoms with van der Waals surface area (Å²) in [5, 5.41) is 0. The van der Waals surface area contributed by atoms with Gasteiger partial charge in [0.05, 0.1) is 12.7 Å². The third-order valence-electron chi connectivity index (χ3n) is 4.53. The van der Waals surface area contributed by atoms with Gasteiger partial charge in [-0.05, 0) is 49.2 Å². The third kappa shape index (κ3) is 4.66. The van der Waals surface area contributed by atoms with Gasteiger partial charge in [-0.1, -0.05) is 61.4 Å². The van der Waals surface area contributed by atoms with Gasteiger partial charge in [0.2, 0.25) is 0 Å². The first-order chi connectivity index (χ1) is 11.2. The highest BCUT2D eigenvalue weighted by Crippen LogP contribution is 2.24. The Balaban J connectivity index is 1.59. The molecule has 0 unspecified atom stereocenters. The van der Waals surface area contributed by atoms with Crippen LogP contribution in [0.5, 0.6) is 0 Å². The standard InChI is InChI=1S/C21H27NO/c1-22(2)15-17-7-11-19(12-8-17)20-13-9-18(10-14-20)16-23-21-5-3-4-6-21/h7-14,21H,3-6,15-16H2,1-2H3. The SMILES string of the molecule is CN(C)Cc1ccc(-c2ccc(COC3CCCC3)cc2)cc1. The maximum atomic E-state index is 5.98. The van der Waals surface area contributed by atoms with Crippen molar-refractivity contribution in [3.8, 4) is 11.1 Å². The lowest BCUT2D eigenvalue weighted by molar-refractivity contribution is 0.0457. The van der Waals surface area contributed by atoms with E-state index in [0.29, 0.717) is 6.10 Å². The summed E-state index contributed by atoms with van der Waals surface area (Å²) in [4.78, 5) is 2.19. The maximum absolute atomic E-state index is 5.98. The monoisotopic (exact) mass is 309 g/mol. The van der Waals surface area contributed by atoms with Crippen molar-refractivity contribution in [2.24, 2.45) is 0 Å². The fourth-order valence-electron chi connectivity index (χ4n) is 3.23. The van der Waals surface area contributed by atoms with Gasteiger partial charge in [-0.3, -0.25) is 0 Å². The molecule has 1 fully saturated rings. The quantitative estimate of drug-likeness (QED) is 0.754. The van der Waals surface area contributed by atoms with Crippen molar-refractivity contribution in [2.75, 3.05) is 14.1 Å². The number of benzene rings is 2. The zero-order chi connectivity index (χ0) is 16.1. The van der Waals surface area contributed by atoms with Gasteiger partial charge in [0.15, 0.2) is 0 Å². The number of nitrogens with zero attached hydrogens (tertiary/aromatic N) is 1. The van der Waals surface area contributed by atoms with Crippen LogP contribution in [0.3, 0.4) is 0 Å². The van der Waals surface area contributed by atoms with Crippen LogP contribution in [0.1, 0.15) is 36.8 Å². The highest BCUT2D eigenvalue weighted by atomic mass is 16.5. The molecule has 2 nitrogen and oxygen atoms in total. The first kappa shape index (κ1) is 16.2. The Morgan fingerprint density at radius 1 is 0.826 bits per heavy atom. The minimum absolute atomic E-state index is 0.485. The summed E-state index contributed by atoms with van der Waals surface area (Å²) >= 11 is 0. The van der Waals surface area contributed by atoms with E-state index in [1.165, 1.54) is 47.9 Å². The summed E-state index contributed by atoms with van der Waals surface area (Å²) in [6.45, 7) is 1.73. The van der Waals surface area contributed by atoms with Crippen molar-refractivity contribution in [1.29, 1.82) is 0 Å². The molecule has 0 heterocycles. The average molecular weight is 309 g/mol. The van der Waals surface area contributed by atoms with Crippen LogP contribution in [-0.4, -0.2) is 25.1 Å². The van der Waals surface area contributed by atoms with Gasteiger partial charge < -0.3 is 9.64 Å². The summed E-state index contributed by atoms with van der Waals surface area (Å²) in [6, 6.07) is 17.6. The molecule has 0 spiro atoms. The van der Waals surface area contributed by atoms with E-state index in [1.54, 1.807) is 0 Å². The van der Waals surface area contributed by atoms with E-state index in [2.05, 4.69) is 67.5 Å². The molecule has 0 N–H and O–H groups in total. The molecular formula is C21H27NO. The Morgan fingerprint density at radius 2 is 1.35 bits per heavy atom. The molecule has 0 aromatic heterocycles. The Hall–Kier alpha value is -1.64. The zero-order valence-corrected chi connectivity index (χ0v) is 14.3. The van der Waals surface area contributed by atoms with Gasteiger partial charge in [0, 0.05) is 6.54 Å². The van der Waals surface area contributed by atoms with E-state index in [-0.39, 0.29) is 0 Å². The number of rotatable bonds is 6. The zero-order valence-electron chi connectivity index (χ0n) is 14.3. The van der Waals surface area contributed by atoms with Crippen LogP contribution >= 0.6 is 0 Å². The maximum Gasteiger partial charge on any atom is 0.0720 e. The summed E-state index contributed by atoms with van der Waals surface area (Å²) in [5.41, 5.74) is 5.16. The van der Waals surface area contributed by atoms with Crippen LogP contribution in [0.15, 0.2) is 48.5 Å².